The zero-order valence-corrected chi connectivity index (χ0v) is 12.1. The van der Waals surface area contributed by atoms with E-state index in [-0.39, 0.29) is 20.7 Å². The fourth-order valence-electron chi connectivity index (χ4n) is 1.16. The van der Waals surface area contributed by atoms with Gasteiger partial charge in [0.15, 0.2) is 6.61 Å². The molecule has 0 aliphatic rings. The molecule has 0 saturated carbocycles. The lowest BCUT2D eigenvalue weighted by atomic mass is 10.3. The number of hydrogen-bond acceptors (Lipinski definition) is 5. The average molecular weight is 342 g/mol. The minimum Gasteiger partial charge on any atom is -0.482 e. The lowest BCUT2D eigenvalue weighted by Crippen LogP contribution is -2.38. The molecule has 8 nitrogen and oxygen atoms in total. The lowest BCUT2D eigenvalue weighted by molar-refractivity contribution is -0.121. The highest BCUT2D eigenvalue weighted by molar-refractivity contribution is 7.89. The summed E-state index contributed by atoms with van der Waals surface area (Å²) >= 11 is 11.5. The molecule has 1 aromatic carbocycles. The van der Waals surface area contributed by atoms with Gasteiger partial charge < -0.3 is 10.5 Å². The summed E-state index contributed by atoms with van der Waals surface area (Å²) in [6, 6.07) is 1.04. The number of nitrogens with one attached hydrogen (secondary N) is 1. The van der Waals surface area contributed by atoms with Gasteiger partial charge in [0.05, 0.1) is 10.0 Å². The number of ether oxygens (including phenoxy) is 1. The molecule has 1 aromatic rings. The third-order valence-electron chi connectivity index (χ3n) is 1.91. The number of rotatable bonds is 4. The molecule has 0 bridgehead atoms. The number of hydrogen-bond donors (Lipinski definition) is 3. The first kappa shape index (κ1) is 16.5. The molecular weight excluding hydrogens is 333 g/mol. The quantitative estimate of drug-likeness (QED) is 0.717. The van der Waals surface area contributed by atoms with Gasteiger partial charge in [-0.2, -0.15) is 0 Å². The Kier molecular flexibility index (Phi) is 5.17. The van der Waals surface area contributed by atoms with Gasteiger partial charge in [0.2, 0.25) is 10.0 Å². The average Bonchev–Trinajstić information content (AvgIpc) is 2.27. The Hall–Kier alpha value is -1.55. The molecule has 3 amide bonds. The molecule has 1 rings (SSSR count). The SMILES string of the molecule is NC(=O)NC(=O)COc1cc(Cl)c(S(N)(=O)=O)cc1Cl. The van der Waals surface area contributed by atoms with E-state index in [0.717, 1.165) is 12.1 Å². The molecule has 20 heavy (non-hydrogen) atoms. The molecule has 0 unspecified atom stereocenters. The number of urea groups is 1. The summed E-state index contributed by atoms with van der Waals surface area (Å²) in [5.41, 5.74) is 4.73. The molecule has 0 radical (unpaired) electrons. The Morgan fingerprint density at radius 2 is 1.85 bits per heavy atom. The summed E-state index contributed by atoms with van der Waals surface area (Å²) in [6.45, 7) is -0.562. The van der Waals surface area contributed by atoms with E-state index in [2.05, 4.69) is 0 Å². The first-order chi connectivity index (χ1) is 9.11. The van der Waals surface area contributed by atoms with Crippen LogP contribution in [0.15, 0.2) is 17.0 Å². The van der Waals surface area contributed by atoms with Crippen molar-refractivity contribution in [3.05, 3.63) is 22.2 Å². The predicted molar refractivity (Wildman–Crippen MR) is 71.1 cm³/mol. The summed E-state index contributed by atoms with van der Waals surface area (Å²) in [7, 11) is -4.03. The van der Waals surface area contributed by atoms with Crippen molar-refractivity contribution < 1.29 is 22.7 Å². The second-order valence-corrected chi connectivity index (χ2v) is 5.80. The first-order valence-corrected chi connectivity index (χ1v) is 7.15. The van der Waals surface area contributed by atoms with Crippen LogP contribution in [0.4, 0.5) is 4.79 Å². The van der Waals surface area contributed by atoms with Crippen molar-refractivity contribution in [1.82, 2.24) is 5.32 Å². The monoisotopic (exact) mass is 341 g/mol. The summed E-state index contributed by atoms with van der Waals surface area (Å²) in [6.07, 6.45) is 0. The molecule has 0 aliphatic heterocycles. The number of primary amides is 1. The molecule has 110 valence electrons. The Morgan fingerprint density at radius 3 is 2.35 bits per heavy atom. The Balaban J connectivity index is 2.91. The highest BCUT2D eigenvalue weighted by atomic mass is 35.5. The van der Waals surface area contributed by atoms with E-state index in [4.69, 9.17) is 38.8 Å². The molecular formula is C9H9Cl2N3O5S. The molecule has 0 aliphatic carbocycles. The van der Waals surface area contributed by atoms with Crippen molar-refractivity contribution in [2.45, 2.75) is 4.90 Å². The van der Waals surface area contributed by atoms with Crippen LogP contribution in [0.1, 0.15) is 0 Å². The predicted octanol–water partition coefficient (Wildman–Crippen LogP) is 0.215. The number of carbonyl (C=O) groups excluding carboxylic acids is 2. The first-order valence-electron chi connectivity index (χ1n) is 4.85. The van der Waals surface area contributed by atoms with Crippen LogP contribution >= 0.6 is 23.2 Å². The summed E-state index contributed by atoms with van der Waals surface area (Å²) in [4.78, 5) is 21.1. The van der Waals surface area contributed by atoms with Crippen LogP contribution in [0.3, 0.4) is 0 Å². The van der Waals surface area contributed by atoms with Gasteiger partial charge >= 0.3 is 6.03 Å². The number of sulfonamides is 1. The number of primary sulfonamides is 1. The molecule has 0 aromatic heterocycles. The van der Waals surface area contributed by atoms with Gasteiger partial charge in [-0.3, -0.25) is 10.1 Å². The molecule has 11 heteroatoms. The zero-order valence-electron chi connectivity index (χ0n) is 9.72. The van der Waals surface area contributed by atoms with Gasteiger partial charge in [0.25, 0.3) is 5.91 Å². The standard InChI is InChI=1S/C9H9Cl2N3O5S/c10-4-2-7(20(13,17)18)5(11)1-6(4)19-3-8(15)14-9(12)16/h1-2H,3H2,(H2,13,17,18)(H3,12,14,15,16). The number of halogens is 2. The number of imide groups is 1. The van der Waals surface area contributed by atoms with Crippen LogP contribution < -0.4 is 20.9 Å². The van der Waals surface area contributed by atoms with Gasteiger partial charge in [-0.25, -0.2) is 18.4 Å². The largest absolute Gasteiger partial charge is 0.482 e. The molecule has 0 saturated heterocycles. The van der Waals surface area contributed by atoms with Crippen molar-refractivity contribution in [1.29, 1.82) is 0 Å². The maximum Gasteiger partial charge on any atom is 0.318 e. The Labute approximate surface area is 124 Å². The highest BCUT2D eigenvalue weighted by Crippen LogP contribution is 2.32. The van der Waals surface area contributed by atoms with Crippen molar-refractivity contribution in [2.75, 3.05) is 6.61 Å². The van der Waals surface area contributed by atoms with Crippen molar-refractivity contribution in [2.24, 2.45) is 10.9 Å². The van der Waals surface area contributed by atoms with Gasteiger partial charge in [-0.1, -0.05) is 23.2 Å². The van der Waals surface area contributed by atoms with Crippen LogP contribution in [0.25, 0.3) is 0 Å². The van der Waals surface area contributed by atoms with E-state index in [1.807, 2.05) is 0 Å². The van der Waals surface area contributed by atoms with Crippen molar-refractivity contribution in [3.8, 4) is 5.75 Å². The van der Waals surface area contributed by atoms with Crippen molar-refractivity contribution in [3.63, 3.8) is 0 Å². The summed E-state index contributed by atoms with van der Waals surface area (Å²) in [5, 5.41) is 6.35. The zero-order chi connectivity index (χ0) is 15.5. The third kappa shape index (κ3) is 4.53. The van der Waals surface area contributed by atoms with E-state index in [1.54, 1.807) is 5.32 Å². The Morgan fingerprint density at radius 1 is 1.25 bits per heavy atom. The summed E-state index contributed by atoms with van der Waals surface area (Å²) < 4.78 is 27.3. The van der Waals surface area contributed by atoms with Gasteiger partial charge in [0.1, 0.15) is 10.6 Å². The minimum absolute atomic E-state index is 0.0521. The third-order valence-corrected chi connectivity index (χ3v) is 3.59. The number of carbonyl (C=O) groups is 2. The fraction of sp³-hybridized carbons (Fsp3) is 0.111. The molecule has 0 atom stereocenters. The second-order valence-electron chi connectivity index (χ2n) is 3.46. The number of benzene rings is 1. The highest BCUT2D eigenvalue weighted by Gasteiger charge is 2.17. The molecule has 0 spiro atoms. The van der Waals surface area contributed by atoms with Gasteiger partial charge in [0, 0.05) is 6.07 Å². The van der Waals surface area contributed by atoms with Gasteiger partial charge in [-0.15, -0.1) is 0 Å². The topological polar surface area (TPSA) is 142 Å². The lowest BCUT2D eigenvalue weighted by Gasteiger charge is -2.10. The van der Waals surface area contributed by atoms with Crippen LogP contribution in [-0.4, -0.2) is 27.0 Å². The molecule has 0 fully saturated rings. The summed E-state index contributed by atoms with van der Waals surface area (Å²) in [5.74, 6) is -0.858. The normalized spacial score (nSPS) is 10.9. The van der Waals surface area contributed by atoms with Crippen LogP contribution in [0.5, 0.6) is 5.75 Å². The van der Waals surface area contributed by atoms with Crippen LogP contribution in [0, 0.1) is 0 Å². The maximum absolute atomic E-state index is 11.2. The van der Waals surface area contributed by atoms with Crippen LogP contribution in [-0.2, 0) is 14.8 Å². The van der Waals surface area contributed by atoms with E-state index in [9.17, 15) is 18.0 Å². The van der Waals surface area contributed by atoms with E-state index >= 15 is 0 Å². The molecule has 5 N–H and O–H groups in total. The number of nitrogens with two attached hydrogens (primary N) is 2. The fourth-order valence-corrected chi connectivity index (χ4v) is 2.53. The van der Waals surface area contributed by atoms with Crippen molar-refractivity contribution >= 4 is 45.2 Å². The smallest absolute Gasteiger partial charge is 0.318 e. The van der Waals surface area contributed by atoms with E-state index < -0.39 is 28.6 Å². The van der Waals surface area contributed by atoms with E-state index in [0.29, 0.717) is 0 Å². The van der Waals surface area contributed by atoms with Gasteiger partial charge in [-0.05, 0) is 6.07 Å². The van der Waals surface area contributed by atoms with Crippen LogP contribution in [0.2, 0.25) is 10.0 Å². The maximum atomic E-state index is 11.2. The second kappa shape index (κ2) is 6.27. The number of amides is 3. The minimum atomic E-state index is -4.03. The molecule has 0 heterocycles. The Bertz CT molecular complexity index is 662. The van der Waals surface area contributed by atoms with E-state index in [1.165, 1.54) is 0 Å².